The smallest absolute Gasteiger partial charge is 0.198 e. The van der Waals surface area contributed by atoms with Crippen LogP contribution in [0.5, 0.6) is 0 Å². The number of para-hydroxylation sites is 1. The van der Waals surface area contributed by atoms with Crippen molar-refractivity contribution in [3.63, 3.8) is 0 Å². The zero-order valence-corrected chi connectivity index (χ0v) is 19.2. The van der Waals surface area contributed by atoms with E-state index in [0.29, 0.717) is 24.1 Å². The number of rotatable bonds is 5. The molecule has 0 N–H and O–H groups in total. The third-order valence-electron chi connectivity index (χ3n) is 5.90. The van der Waals surface area contributed by atoms with Gasteiger partial charge in [-0.15, -0.1) is 5.10 Å². The standard InChI is InChI=1S/C26H25ClN4O2/c1-19(32)25-28-31(21-10-6-3-7-11-21)26(20-8-4-2-5-9-20)30(25)22-12-13-24(23(27)18-22)29-14-16-33-17-15-29/h2-13,18,26H,14-17H2,1H3/t26-/m0/s1. The van der Waals surface area contributed by atoms with E-state index in [1.54, 1.807) is 6.92 Å². The van der Waals surface area contributed by atoms with Crippen molar-refractivity contribution in [2.24, 2.45) is 5.10 Å². The molecule has 0 aliphatic carbocycles. The normalized spacial score (nSPS) is 18.4. The Balaban J connectivity index is 1.60. The molecular formula is C26H25ClN4O2. The first-order valence-electron chi connectivity index (χ1n) is 11.0. The first kappa shape index (κ1) is 21.5. The van der Waals surface area contributed by atoms with Crippen LogP contribution in [0.15, 0.2) is 84.0 Å². The maximum atomic E-state index is 12.7. The highest BCUT2D eigenvalue weighted by molar-refractivity contribution is 6.44. The van der Waals surface area contributed by atoms with Crippen molar-refractivity contribution in [1.82, 2.24) is 0 Å². The minimum Gasteiger partial charge on any atom is -0.378 e. The molecule has 0 bridgehead atoms. The maximum absolute atomic E-state index is 12.7. The van der Waals surface area contributed by atoms with E-state index in [4.69, 9.17) is 21.4 Å². The number of ketones is 1. The zero-order valence-electron chi connectivity index (χ0n) is 18.4. The van der Waals surface area contributed by atoms with E-state index in [0.717, 1.165) is 35.7 Å². The van der Waals surface area contributed by atoms with Crippen LogP contribution in [0.25, 0.3) is 0 Å². The quantitative estimate of drug-likeness (QED) is 0.530. The number of hydrogen-bond acceptors (Lipinski definition) is 6. The fourth-order valence-corrected chi connectivity index (χ4v) is 4.63. The van der Waals surface area contributed by atoms with Gasteiger partial charge in [-0.05, 0) is 35.9 Å². The van der Waals surface area contributed by atoms with Crippen molar-refractivity contribution in [1.29, 1.82) is 0 Å². The van der Waals surface area contributed by atoms with Gasteiger partial charge in [0.2, 0.25) is 0 Å². The molecule has 2 aliphatic heterocycles. The molecule has 5 rings (SSSR count). The third-order valence-corrected chi connectivity index (χ3v) is 6.20. The Morgan fingerprint density at radius 1 is 0.939 bits per heavy atom. The molecule has 0 spiro atoms. The van der Waals surface area contributed by atoms with Gasteiger partial charge in [0.15, 0.2) is 17.8 Å². The number of hydrogen-bond donors (Lipinski definition) is 0. The number of halogens is 1. The molecule has 0 saturated carbocycles. The van der Waals surface area contributed by atoms with Gasteiger partial charge in [-0.3, -0.25) is 9.69 Å². The summed E-state index contributed by atoms with van der Waals surface area (Å²) in [4.78, 5) is 16.9. The van der Waals surface area contributed by atoms with Gasteiger partial charge in [-0.2, -0.15) is 0 Å². The largest absolute Gasteiger partial charge is 0.378 e. The van der Waals surface area contributed by atoms with Crippen molar-refractivity contribution in [3.05, 3.63) is 89.4 Å². The Bertz CT molecular complexity index is 1160. The highest BCUT2D eigenvalue weighted by Crippen LogP contribution is 2.41. The van der Waals surface area contributed by atoms with Crippen LogP contribution in [0, 0.1) is 0 Å². The molecule has 1 saturated heterocycles. The average Bonchev–Trinajstić information content (AvgIpc) is 3.27. The van der Waals surface area contributed by atoms with Crippen LogP contribution in [-0.4, -0.2) is 37.9 Å². The summed E-state index contributed by atoms with van der Waals surface area (Å²) in [5.74, 6) is 0.269. The lowest BCUT2D eigenvalue weighted by Crippen LogP contribution is -2.38. The average molecular weight is 461 g/mol. The van der Waals surface area contributed by atoms with E-state index in [9.17, 15) is 4.79 Å². The summed E-state index contributed by atoms with van der Waals surface area (Å²) >= 11 is 6.77. The number of hydrazone groups is 1. The molecule has 33 heavy (non-hydrogen) atoms. The second kappa shape index (κ2) is 9.25. The van der Waals surface area contributed by atoms with E-state index in [1.165, 1.54) is 0 Å². The molecule has 6 nitrogen and oxygen atoms in total. The Hall–Kier alpha value is -3.35. The number of ether oxygens (including phenoxy) is 1. The predicted molar refractivity (Wildman–Crippen MR) is 133 cm³/mol. The van der Waals surface area contributed by atoms with E-state index in [2.05, 4.69) is 17.0 Å². The van der Waals surface area contributed by atoms with Crippen LogP contribution >= 0.6 is 11.6 Å². The van der Waals surface area contributed by atoms with Crippen molar-refractivity contribution in [2.45, 2.75) is 13.1 Å². The van der Waals surface area contributed by atoms with E-state index >= 15 is 0 Å². The molecule has 0 aromatic heterocycles. The zero-order chi connectivity index (χ0) is 22.8. The lowest BCUT2D eigenvalue weighted by atomic mass is 10.1. The maximum Gasteiger partial charge on any atom is 0.198 e. The van der Waals surface area contributed by atoms with Gasteiger partial charge >= 0.3 is 0 Å². The number of carbonyl (C=O) groups excluding carboxylic acids is 1. The van der Waals surface area contributed by atoms with Crippen LogP contribution in [0.2, 0.25) is 5.02 Å². The summed E-state index contributed by atoms with van der Waals surface area (Å²) in [7, 11) is 0. The van der Waals surface area contributed by atoms with Crippen LogP contribution < -0.4 is 14.8 Å². The van der Waals surface area contributed by atoms with Crippen molar-refractivity contribution < 1.29 is 9.53 Å². The number of Topliss-reactive ketones (excluding diaryl/α,β-unsaturated/α-hetero) is 1. The fraction of sp³-hybridized carbons (Fsp3) is 0.231. The van der Waals surface area contributed by atoms with E-state index in [1.807, 2.05) is 76.6 Å². The van der Waals surface area contributed by atoms with Crippen LogP contribution in [-0.2, 0) is 9.53 Å². The molecule has 168 valence electrons. The number of amidine groups is 1. The summed E-state index contributed by atoms with van der Waals surface area (Å²) in [6, 6.07) is 25.9. The SMILES string of the molecule is CC(=O)C1=NN(c2ccccc2)[C@@H](c2ccccc2)N1c1ccc(N2CCOCC2)c(Cl)c1. The second-order valence-electron chi connectivity index (χ2n) is 8.05. The molecule has 0 radical (unpaired) electrons. The lowest BCUT2D eigenvalue weighted by Gasteiger charge is -2.33. The summed E-state index contributed by atoms with van der Waals surface area (Å²) in [6.07, 6.45) is -0.321. The summed E-state index contributed by atoms with van der Waals surface area (Å²) < 4.78 is 5.47. The van der Waals surface area contributed by atoms with Gasteiger partial charge in [0.25, 0.3) is 0 Å². The highest BCUT2D eigenvalue weighted by atomic mass is 35.5. The summed E-state index contributed by atoms with van der Waals surface area (Å²) in [5.41, 5.74) is 3.72. The number of anilines is 3. The minimum atomic E-state index is -0.321. The van der Waals surface area contributed by atoms with Gasteiger partial charge < -0.3 is 9.64 Å². The van der Waals surface area contributed by atoms with Crippen molar-refractivity contribution >= 4 is 40.3 Å². The highest BCUT2D eigenvalue weighted by Gasteiger charge is 2.39. The van der Waals surface area contributed by atoms with Gasteiger partial charge in [-0.25, -0.2) is 5.01 Å². The van der Waals surface area contributed by atoms with Gasteiger partial charge in [0, 0.05) is 25.7 Å². The van der Waals surface area contributed by atoms with Crippen molar-refractivity contribution in [3.8, 4) is 0 Å². The molecule has 0 amide bonds. The second-order valence-corrected chi connectivity index (χ2v) is 8.46. The summed E-state index contributed by atoms with van der Waals surface area (Å²) in [6.45, 7) is 4.53. The van der Waals surface area contributed by atoms with Gasteiger partial charge in [0.05, 0.1) is 29.6 Å². The first-order valence-corrected chi connectivity index (χ1v) is 11.4. The first-order chi connectivity index (χ1) is 16.1. The molecule has 7 heteroatoms. The predicted octanol–water partition coefficient (Wildman–Crippen LogP) is 5.10. The number of benzene rings is 3. The van der Waals surface area contributed by atoms with Crippen LogP contribution in [0.4, 0.5) is 17.1 Å². The van der Waals surface area contributed by atoms with E-state index in [-0.39, 0.29) is 11.9 Å². The third kappa shape index (κ3) is 4.19. The number of morpholine rings is 1. The minimum absolute atomic E-state index is 0.109. The molecule has 2 heterocycles. The topological polar surface area (TPSA) is 48.4 Å². The summed E-state index contributed by atoms with van der Waals surface area (Å²) in [5, 5.41) is 7.31. The van der Waals surface area contributed by atoms with Crippen molar-refractivity contribution in [2.75, 3.05) is 41.1 Å². The van der Waals surface area contributed by atoms with Gasteiger partial charge in [0.1, 0.15) is 0 Å². The Morgan fingerprint density at radius 3 is 2.24 bits per heavy atom. The monoisotopic (exact) mass is 460 g/mol. The number of carbonyl (C=O) groups is 1. The Labute approximate surface area is 198 Å². The van der Waals surface area contributed by atoms with Gasteiger partial charge in [-0.1, -0.05) is 60.1 Å². The molecular weight excluding hydrogens is 436 g/mol. The molecule has 0 unspecified atom stereocenters. The molecule has 1 fully saturated rings. The molecule has 1 atom stereocenters. The molecule has 2 aliphatic rings. The van der Waals surface area contributed by atoms with E-state index < -0.39 is 0 Å². The van der Waals surface area contributed by atoms with Crippen LogP contribution in [0.1, 0.15) is 18.7 Å². The Kier molecular flexibility index (Phi) is 6.03. The number of nitrogens with zero attached hydrogens (tertiary/aromatic N) is 4. The fourth-order valence-electron chi connectivity index (χ4n) is 4.34. The lowest BCUT2D eigenvalue weighted by molar-refractivity contribution is -0.111. The van der Waals surface area contributed by atoms with Crippen LogP contribution in [0.3, 0.4) is 0 Å². The molecule has 3 aromatic rings. The Morgan fingerprint density at radius 2 is 1.61 bits per heavy atom. The molecule has 3 aromatic carbocycles.